The van der Waals surface area contributed by atoms with Crippen molar-refractivity contribution in [1.29, 1.82) is 0 Å². The average molecular weight is 258 g/mol. The summed E-state index contributed by atoms with van der Waals surface area (Å²) in [6, 6.07) is 0.409. The second-order valence-corrected chi connectivity index (χ2v) is 5.71. The van der Waals surface area contributed by atoms with E-state index < -0.39 is 12.1 Å². The molecule has 0 spiro atoms. The summed E-state index contributed by atoms with van der Waals surface area (Å²) in [6.07, 6.45) is -0.739. The lowest BCUT2D eigenvalue weighted by Gasteiger charge is -2.39. The minimum Gasteiger partial charge on any atom is -0.378 e. The maximum absolute atomic E-state index is 12.1. The van der Waals surface area contributed by atoms with E-state index in [4.69, 9.17) is 0 Å². The second-order valence-electron chi connectivity index (χ2n) is 5.71. The molecular formula is C14H30N2O2. The number of hydrogen-bond donors (Lipinski definition) is 2. The highest BCUT2D eigenvalue weighted by atomic mass is 16.3. The summed E-state index contributed by atoms with van der Waals surface area (Å²) in [4.78, 5) is 14.1. The molecule has 1 amide bonds. The number of nitrogens with zero attached hydrogens (tertiary/aromatic N) is 1. The lowest BCUT2D eigenvalue weighted by atomic mass is 9.91. The Morgan fingerprint density at radius 3 is 1.83 bits per heavy atom. The summed E-state index contributed by atoms with van der Waals surface area (Å²) in [5, 5.41) is 13.4. The van der Waals surface area contributed by atoms with Crippen LogP contribution < -0.4 is 5.32 Å². The first-order chi connectivity index (χ1) is 8.23. The van der Waals surface area contributed by atoms with Gasteiger partial charge >= 0.3 is 0 Å². The zero-order valence-corrected chi connectivity index (χ0v) is 12.9. The highest BCUT2D eigenvalue weighted by Crippen LogP contribution is 2.22. The molecule has 0 heterocycles. The first-order valence-corrected chi connectivity index (χ1v) is 6.97. The van der Waals surface area contributed by atoms with Gasteiger partial charge in [-0.25, -0.2) is 0 Å². The highest BCUT2D eigenvalue weighted by molar-refractivity contribution is 5.79. The van der Waals surface area contributed by atoms with E-state index in [9.17, 15) is 9.90 Å². The van der Waals surface area contributed by atoms with Crippen LogP contribution in [0.5, 0.6) is 0 Å². The molecule has 108 valence electrons. The number of carbonyl (C=O) groups is 1. The van der Waals surface area contributed by atoms with Crippen molar-refractivity contribution in [1.82, 2.24) is 10.2 Å². The van der Waals surface area contributed by atoms with Gasteiger partial charge in [-0.1, -0.05) is 13.8 Å². The Balaban J connectivity index is 5.04. The summed E-state index contributed by atoms with van der Waals surface area (Å²) >= 11 is 0. The monoisotopic (exact) mass is 258 g/mol. The molecule has 0 aromatic heterocycles. The summed E-state index contributed by atoms with van der Waals surface area (Å²) in [5.41, 5.74) is 0. The molecular weight excluding hydrogens is 228 g/mol. The van der Waals surface area contributed by atoms with Crippen molar-refractivity contribution in [2.75, 3.05) is 6.54 Å². The zero-order chi connectivity index (χ0) is 14.5. The van der Waals surface area contributed by atoms with Gasteiger partial charge in [-0.05, 0) is 40.5 Å². The molecule has 0 aliphatic rings. The van der Waals surface area contributed by atoms with Crippen molar-refractivity contribution in [3.8, 4) is 0 Å². The van der Waals surface area contributed by atoms with E-state index in [0.29, 0.717) is 6.54 Å². The van der Waals surface area contributed by atoms with Crippen molar-refractivity contribution in [2.45, 2.75) is 66.8 Å². The largest absolute Gasteiger partial charge is 0.378 e. The van der Waals surface area contributed by atoms with Crippen molar-refractivity contribution in [3.05, 3.63) is 0 Å². The Labute approximate surface area is 112 Å². The van der Waals surface area contributed by atoms with Gasteiger partial charge in [0, 0.05) is 18.6 Å². The first-order valence-electron chi connectivity index (χ1n) is 6.97. The maximum atomic E-state index is 12.1. The van der Waals surface area contributed by atoms with Crippen LogP contribution in [0, 0.1) is 11.8 Å². The van der Waals surface area contributed by atoms with E-state index in [1.54, 1.807) is 0 Å². The fourth-order valence-corrected chi connectivity index (χ4v) is 2.47. The number of nitrogens with one attached hydrogen (secondary N) is 1. The number of rotatable bonds is 7. The van der Waals surface area contributed by atoms with Gasteiger partial charge in [0.15, 0.2) is 0 Å². The maximum Gasteiger partial charge on any atom is 0.227 e. The third kappa shape index (κ3) is 4.58. The molecule has 2 N–H and O–H groups in total. The van der Waals surface area contributed by atoms with Gasteiger partial charge in [-0.15, -0.1) is 0 Å². The number of aliphatic hydroxyl groups excluding tert-OH is 1. The van der Waals surface area contributed by atoms with Gasteiger partial charge in [0.1, 0.15) is 6.23 Å². The Morgan fingerprint density at radius 2 is 1.56 bits per heavy atom. The van der Waals surface area contributed by atoms with Crippen LogP contribution in [0.1, 0.15) is 48.5 Å². The van der Waals surface area contributed by atoms with Crippen molar-refractivity contribution < 1.29 is 9.90 Å². The summed E-state index contributed by atoms with van der Waals surface area (Å²) in [6.45, 7) is 14.6. The van der Waals surface area contributed by atoms with Crippen molar-refractivity contribution in [2.24, 2.45) is 11.8 Å². The molecule has 0 fully saturated rings. The number of aliphatic hydroxyl groups is 1. The third-order valence-corrected chi connectivity index (χ3v) is 3.19. The molecule has 4 nitrogen and oxygen atoms in total. The van der Waals surface area contributed by atoms with Crippen molar-refractivity contribution in [3.63, 3.8) is 0 Å². The van der Waals surface area contributed by atoms with Crippen molar-refractivity contribution >= 4 is 5.91 Å². The van der Waals surface area contributed by atoms with Crippen LogP contribution in [0.25, 0.3) is 0 Å². The van der Waals surface area contributed by atoms with E-state index in [-0.39, 0.29) is 23.9 Å². The average Bonchev–Trinajstić information content (AvgIpc) is 2.15. The van der Waals surface area contributed by atoms with Crippen LogP contribution in [-0.4, -0.2) is 40.8 Å². The molecule has 0 bridgehead atoms. The quantitative estimate of drug-likeness (QED) is 0.685. The molecule has 0 radical (unpaired) electrons. The highest BCUT2D eigenvalue weighted by Gasteiger charge is 2.35. The Morgan fingerprint density at radius 1 is 1.11 bits per heavy atom. The molecule has 2 atom stereocenters. The Hall–Kier alpha value is -0.610. The van der Waals surface area contributed by atoms with Gasteiger partial charge < -0.3 is 10.4 Å². The zero-order valence-electron chi connectivity index (χ0n) is 12.9. The summed E-state index contributed by atoms with van der Waals surface area (Å²) in [7, 11) is 0. The van der Waals surface area contributed by atoms with E-state index in [1.807, 2.05) is 53.4 Å². The fraction of sp³-hybridized carbons (Fsp3) is 0.929. The SMILES string of the molecule is CCNC(=O)C(C(C)C)C(O)N(C(C)C)C(C)C. The van der Waals surface area contributed by atoms with E-state index >= 15 is 0 Å². The topological polar surface area (TPSA) is 52.6 Å². The summed E-state index contributed by atoms with van der Waals surface area (Å²) in [5.74, 6) is -0.354. The fourth-order valence-electron chi connectivity index (χ4n) is 2.47. The standard InChI is InChI=1S/C14H30N2O2/c1-8-15-13(17)12(9(2)3)14(18)16(10(4)5)11(6)7/h9-12,14,18H,8H2,1-7H3,(H,15,17). The van der Waals surface area contributed by atoms with E-state index in [1.165, 1.54) is 0 Å². The molecule has 2 unspecified atom stereocenters. The van der Waals surface area contributed by atoms with E-state index in [0.717, 1.165) is 0 Å². The predicted molar refractivity (Wildman–Crippen MR) is 75.1 cm³/mol. The molecule has 0 aromatic carbocycles. The van der Waals surface area contributed by atoms with Crippen LogP contribution in [0.3, 0.4) is 0 Å². The summed E-state index contributed by atoms with van der Waals surface area (Å²) < 4.78 is 0. The second kappa shape index (κ2) is 7.74. The number of amides is 1. The Bertz CT molecular complexity index is 244. The molecule has 0 saturated carbocycles. The predicted octanol–water partition coefficient (Wildman–Crippen LogP) is 1.83. The van der Waals surface area contributed by atoms with Gasteiger partial charge in [0.2, 0.25) is 5.91 Å². The Kier molecular flexibility index (Phi) is 7.48. The molecule has 0 aromatic rings. The molecule has 0 saturated heterocycles. The lowest BCUT2D eigenvalue weighted by Crippen LogP contribution is -2.53. The molecule has 0 rings (SSSR count). The minimum absolute atomic E-state index is 0.0636. The van der Waals surface area contributed by atoms with Crippen LogP contribution in [-0.2, 0) is 4.79 Å². The van der Waals surface area contributed by atoms with Crippen LogP contribution in [0.2, 0.25) is 0 Å². The third-order valence-electron chi connectivity index (χ3n) is 3.19. The molecule has 0 aliphatic heterocycles. The first kappa shape index (κ1) is 17.4. The van der Waals surface area contributed by atoms with E-state index in [2.05, 4.69) is 5.32 Å². The minimum atomic E-state index is -0.739. The van der Waals surface area contributed by atoms with Crippen LogP contribution in [0.4, 0.5) is 0 Å². The molecule has 0 aliphatic carbocycles. The van der Waals surface area contributed by atoms with Crippen LogP contribution >= 0.6 is 0 Å². The lowest BCUT2D eigenvalue weighted by molar-refractivity contribution is -0.142. The van der Waals surface area contributed by atoms with Gasteiger partial charge in [0.25, 0.3) is 0 Å². The number of hydrogen-bond acceptors (Lipinski definition) is 3. The van der Waals surface area contributed by atoms with Gasteiger partial charge in [-0.2, -0.15) is 0 Å². The van der Waals surface area contributed by atoms with Crippen LogP contribution in [0.15, 0.2) is 0 Å². The van der Waals surface area contributed by atoms with Gasteiger partial charge in [-0.3, -0.25) is 9.69 Å². The van der Waals surface area contributed by atoms with Gasteiger partial charge in [0.05, 0.1) is 5.92 Å². The smallest absolute Gasteiger partial charge is 0.227 e. The molecule has 18 heavy (non-hydrogen) atoms. The molecule has 4 heteroatoms. The number of carbonyl (C=O) groups excluding carboxylic acids is 1. The normalized spacial score (nSPS) is 15.6.